The van der Waals surface area contributed by atoms with E-state index in [-0.39, 0.29) is 11.9 Å². The van der Waals surface area contributed by atoms with E-state index in [1.165, 1.54) is 16.5 Å². The van der Waals surface area contributed by atoms with E-state index in [9.17, 15) is 4.79 Å². The van der Waals surface area contributed by atoms with Gasteiger partial charge in [0.25, 0.3) is 5.91 Å². The van der Waals surface area contributed by atoms with E-state index in [2.05, 4.69) is 73.1 Å². The third kappa shape index (κ3) is 3.49. The summed E-state index contributed by atoms with van der Waals surface area (Å²) in [6.07, 6.45) is 0. The number of hydrogen-bond acceptors (Lipinski definition) is 2. The molecule has 6 rings (SSSR count). The van der Waals surface area contributed by atoms with Crippen LogP contribution in [0.15, 0.2) is 97.1 Å². The maximum atomic E-state index is 13.8. The Bertz CT molecular complexity index is 1580. The number of aryl methyl sites for hydroxylation is 2. The van der Waals surface area contributed by atoms with Crippen LogP contribution in [0.5, 0.6) is 5.75 Å². The second-order valence-electron chi connectivity index (χ2n) is 9.48. The molecule has 0 fully saturated rings. The minimum atomic E-state index is -0.196. The highest BCUT2D eigenvalue weighted by Gasteiger charge is 2.40. The molecule has 5 aromatic rings. The van der Waals surface area contributed by atoms with Crippen molar-refractivity contribution in [2.24, 2.45) is 7.05 Å². The molecule has 1 amide bonds. The van der Waals surface area contributed by atoms with E-state index >= 15 is 0 Å². The molecule has 4 nitrogen and oxygen atoms in total. The SMILES string of the molecule is COc1ccc(CN2C(=O)c3ccccc3[C@H]2c2c(-c3ccc(C)cc3)n(C)c3ccccc23)cc1. The summed E-state index contributed by atoms with van der Waals surface area (Å²) in [5, 5.41) is 1.17. The molecule has 178 valence electrons. The number of ether oxygens (including phenoxy) is 1. The maximum Gasteiger partial charge on any atom is 0.255 e. The van der Waals surface area contributed by atoms with Crippen LogP contribution in [0.2, 0.25) is 0 Å². The molecule has 4 heteroatoms. The van der Waals surface area contributed by atoms with Gasteiger partial charge >= 0.3 is 0 Å². The predicted molar refractivity (Wildman–Crippen MR) is 144 cm³/mol. The molecule has 0 saturated carbocycles. The lowest BCUT2D eigenvalue weighted by atomic mass is 9.92. The molecule has 0 unspecified atom stereocenters. The van der Waals surface area contributed by atoms with Gasteiger partial charge in [-0.1, -0.05) is 78.4 Å². The smallest absolute Gasteiger partial charge is 0.255 e. The summed E-state index contributed by atoms with van der Waals surface area (Å²) in [5.41, 5.74) is 8.74. The van der Waals surface area contributed by atoms with Crippen molar-refractivity contribution in [1.82, 2.24) is 9.47 Å². The average Bonchev–Trinajstić information content (AvgIpc) is 3.36. The van der Waals surface area contributed by atoms with Crippen LogP contribution in [-0.4, -0.2) is 22.5 Å². The molecule has 0 bridgehead atoms. The molecule has 0 N–H and O–H groups in total. The van der Waals surface area contributed by atoms with Gasteiger partial charge in [0.2, 0.25) is 0 Å². The Hall–Kier alpha value is -4.31. The van der Waals surface area contributed by atoms with Crippen LogP contribution in [-0.2, 0) is 13.6 Å². The molecule has 2 heterocycles. The molecule has 0 aliphatic carbocycles. The standard InChI is InChI=1S/C32H28N2O2/c1-21-12-16-23(17-13-21)30-29(27-10-6-7-11-28(27)33(30)2)31-25-8-4-5-9-26(25)32(35)34(31)20-22-14-18-24(36-3)19-15-22/h4-19,31H,20H2,1-3H3/t31-/m0/s1. The zero-order valence-electron chi connectivity index (χ0n) is 20.7. The van der Waals surface area contributed by atoms with Crippen LogP contribution in [0.1, 0.15) is 38.7 Å². The fourth-order valence-corrected chi connectivity index (χ4v) is 5.53. The van der Waals surface area contributed by atoms with Gasteiger partial charge in [-0.25, -0.2) is 0 Å². The fraction of sp³-hybridized carbons (Fsp3) is 0.156. The number of fused-ring (bicyclic) bond motifs is 2. The third-order valence-corrected chi connectivity index (χ3v) is 7.31. The predicted octanol–water partition coefficient (Wildman–Crippen LogP) is 6.91. The first-order valence-electron chi connectivity index (χ1n) is 12.2. The molecule has 0 radical (unpaired) electrons. The van der Waals surface area contributed by atoms with E-state index in [1.54, 1.807) is 7.11 Å². The van der Waals surface area contributed by atoms with Crippen LogP contribution in [0.25, 0.3) is 22.2 Å². The summed E-state index contributed by atoms with van der Waals surface area (Å²) in [5.74, 6) is 0.872. The van der Waals surface area contributed by atoms with Crippen molar-refractivity contribution in [2.45, 2.75) is 19.5 Å². The lowest BCUT2D eigenvalue weighted by molar-refractivity contribution is 0.0737. The van der Waals surface area contributed by atoms with Crippen LogP contribution in [0, 0.1) is 6.92 Å². The highest BCUT2D eigenvalue weighted by molar-refractivity contribution is 6.02. The van der Waals surface area contributed by atoms with Crippen LogP contribution >= 0.6 is 0 Å². The van der Waals surface area contributed by atoms with Crippen LogP contribution in [0.3, 0.4) is 0 Å². The van der Waals surface area contributed by atoms with Crippen molar-refractivity contribution in [3.8, 4) is 17.0 Å². The van der Waals surface area contributed by atoms with Gasteiger partial charge in [-0.15, -0.1) is 0 Å². The minimum absolute atomic E-state index is 0.0641. The number of para-hydroxylation sites is 1. The van der Waals surface area contributed by atoms with Gasteiger partial charge in [-0.05, 0) is 47.9 Å². The van der Waals surface area contributed by atoms with Crippen molar-refractivity contribution in [3.63, 3.8) is 0 Å². The highest BCUT2D eigenvalue weighted by Crippen LogP contribution is 2.47. The van der Waals surface area contributed by atoms with Crippen molar-refractivity contribution in [2.75, 3.05) is 7.11 Å². The Labute approximate surface area is 211 Å². The summed E-state index contributed by atoms with van der Waals surface area (Å²) >= 11 is 0. The normalized spacial score (nSPS) is 14.9. The molecule has 1 aliphatic heterocycles. The second-order valence-corrected chi connectivity index (χ2v) is 9.48. The highest BCUT2D eigenvalue weighted by atomic mass is 16.5. The van der Waals surface area contributed by atoms with Crippen molar-refractivity contribution in [3.05, 3.63) is 125 Å². The largest absolute Gasteiger partial charge is 0.497 e. The Morgan fingerprint density at radius 1 is 0.833 bits per heavy atom. The van der Waals surface area contributed by atoms with E-state index in [0.717, 1.165) is 39.2 Å². The summed E-state index contributed by atoms with van der Waals surface area (Å²) in [7, 11) is 3.79. The summed E-state index contributed by atoms with van der Waals surface area (Å²) in [4.78, 5) is 15.9. The first-order chi connectivity index (χ1) is 17.6. The molecule has 4 aromatic carbocycles. The molecule has 36 heavy (non-hydrogen) atoms. The summed E-state index contributed by atoms with van der Waals surface area (Å²) in [6, 6.07) is 33.0. The van der Waals surface area contributed by atoms with Crippen LogP contribution in [0.4, 0.5) is 0 Å². The number of carbonyl (C=O) groups is 1. The average molecular weight is 473 g/mol. The Morgan fingerprint density at radius 3 is 2.28 bits per heavy atom. The van der Waals surface area contributed by atoms with E-state index in [4.69, 9.17) is 4.74 Å². The van der Waals surface area contributed by atoms with E-state index < -0.39 is 0 Å². The number of amides is 1. The summed E-state index contributed by atoms with van der Waals surface area (Å²) in [6.45, 7) is 2.62. The van der Waals surface area contributed by atoms with Gasteiger partial charge in [-0.3, -0.25) is 4.79 Å². The van der Waals surface area contributed by atoms with Gasteiger partial charge in [0.1, 0.15) is 5.75 Å². The monoisotopic (exact) mass is 472 g/mol. The zero-order valence-corrected chi connectivity index (χ0v) is 20.7. The first kappa shape index (κ1) is 22.2. The van der Waals surface area contributed by atoms with Crippen molar-refractivity contribution < 1.29 is 9.53 Å². The van der Waals surface area contributed by atoms with E-state index in [1.807, 2.05) is 47.4 Å². The second kappa shape index (κ2) is 8.72. The number of hydrogen-bond donors (Lipinski definition) is 0. The number of nitrogens with zero attached hydrogens (tertiary/aromatic N) is 2. The van der Waals surface area contributed by atoms with Gasteiger partial charge in [0.15, 0.2) is 0 Å². The van der Waals surface area contributed by atoms with Gasteiger partial charge in [0, 0.05) is 35.6 Å². The molecule has 1 atom stereocenters. The molecular weight excluding hydrogens is 444 g/mol. The molecular formula is C32H28N2O2. The zero-order chi connectivity index (χ0) is 24.8. The molecule has 1 aliphatic rings. The van der Waals surface area contributed by atoms with Crippen molar-refractivity contribution in [1.29, 1.82) is 0 Å². The van der Waals surface area contributed by atoms with Gasteiger partial charge in [0.05, 0.1) is 18.8 Å². The first-order valence-corrected chi connectivity index (χ1v) is 12.2. The number of carbonyl (C=O) groups excluding carboxylic acids is 1. The Morgan fingerprint density at radius 2 is 1.53 bits per heavy atom. The van der Waals surface area contributed by atoms with Crippen LogP contribution < -0.4 is 4.74 Å². The quantitative estimate of drug-likeness (QED) is 0.279. The maximum absolute atomic E-state index is 13.8. The fourth-order valence-electron chi connectivity index (χ4n) is 5.53. The molecule has 1 aromatic heterocycles. The lowest BCUT2D eigenvalue weighted by Gasteiger charge is -2.27. The van der Waals surface area contributed by atoms with Crippen molar-refractivity contribution >= 4 is 16.8 Å². The Kier molecular flexibility index (Phi) is 5.37. The van der Waals surface area contributed by atoms with Gasteiger partial charge in [-0.2, -0.15) is 0 Å². The topological polar surface area (TPSA) is 34.5 Å². The number of rotatable bonds is 5. The molecule has 0 spiro atoms. The molecule has 0 saturated heterocycles. The van der Waals surface area contributed by atoms with E-state index in [0.29, 0.717) is 6.54 Å². The number of methoxy groups -OCH3 is 1. The third-order valence-electron chi connectivity index (χ3n) is 7.31. The number of aromatic nitrogens is 1. The summed E-state index contributed by atoms with van der Waals surface area (Å²) < 4.78 is 7.61. The Balaban J connectivity index is 1.59. The lowest BCUT2D eigenvalue weighted by Crippen LogP contribution is -2.28. The van der Waals surface area contributed by atoms with Gasteiger partial charge < -0.3 is 14.2 Å². The number of benzene rings is 4. The minimum Gasteiger partial charge on any atom is -0.497 e.